The number of para-hydroxylation sites is 1. The lowest BCUT2D eigenvalue weighted by Crippen LogP contribution is -2.24. The highest BCUT2D eigenvalue weighted by molar-refractivity contribution is 8.00. The van der Waals surface area contributed by atoms with Gasteiger partial charge in [-0.1, -0.05) is 50.7 Å². The Morgan fingerprint density at radius 1 is 1.09 bits per heavy atom. The van der Waals surface area contributed by atoms with Gasteiger partial charge in [0.15, 0.2) is 0 Å². The zero-order chi connectivity index (χ0) is 23.5. The van der Waals surface area contributed by atoms with Crippen LogP contribution in [0.15, 0.2) is 59.6 Å². The van der Waals surface area contributed by atoms with Crippen LogP contribution in [0.3, 0.4) is 0 Å². The van der Waals surface area contributed by atoms with Crippen molar-refractivity contribution in [3.05, 3.63) is 65.9 Å². The molecule has 5 nitrogen and oxygen atoms in total. The van der Waals surface area contributed by atoms with Gasteiger partial charge in [-0.05, 0) is 55.7 Å². The molecule has 0 aliphatic rings. The predicted octanol–water partition coefficient (Wildman–Crippen LogP) is 6.71. The Morgan fingerprint density at radius 3 is 2.55 bits per heavy atom. The average Bonchev–Trinajstić information content (AvgIpc) is 3.15. The summed E-state index contributed by atoms with van der Waals surface area (Å²) in [5, 5.41) is 15.2. The van der Waals surface area contributed by atoms with Gasteiger partial charge in [-0.3, -0.25) is 4.79 Å². The van der Waals surface area contributed by atoms with E-state index in [0.29, 0.717) is 17.0 Å². The number of nitriles is 1. The molecule has 0 bridgehead atoms. The molecule has 33 heavy (non-hydrogen) atoms. The summed E-state index contributed by atoms with van der Waals surface area (Å²) in [6.07, 6.45) is 0.631. The third-order valence-corrected chi connectivity index (χ3v) is 7.23. The van der Waals surface area contributed by atoms with Crippen LogP contribution in [0.5, 0.6) is 0 Å². The molecule has 4 rings (SSSR count). The van der Waals surface area contributed by atoms with E-state index in [9.17, 15) is 10.1 Å². The lowest BCUT2D eigenvalue weighted by Gasteiger charge is -2.16. The monoisotopic (exact) mass is 456 g/mol. The number of pyridine rings is 1. The number of aromatic nitrogens is 2. The van der Waals surface area contributed by atoms with Gasteiger partial charge in [0.05, 0.1) is 10.8 Å². The number of hydrogen-bond acceptors (Lipinski definition) is 4. The van der Waals surface area contributed by atoms with E-state index >= 15 is 0 Å². The molecule has 0 radical (unpaired) electrons. The summed E-state index contributed by atoms with van der Waals surface area (Å²) in [6.45, 7) is 9.14. The number of carbonyl (C=O) groups excluding carboxylic acids is 1. The molecular weight excluding hydrogens is 428 g/mol. The molecule has 2 aromatic carbocycles. The van der Waals surface area contributed by atoms with Crippen molar-refractivity contribution in [1.82, 2.24) is 9.55 Å². The topological polar surface area (TPSA) is 70.7 Å². The number of nitrogens with one attached hydrogen (secondary N) is 1. The van der Waals surface area contributed by atoms with Crippen LogP contribution in [0.4, 0.5) is 5.69 Å². The van der Waals surface area contributed by atoms with Gasteiger partial charge in [0.25, 0.3) is 0 Å². The number of hydrogen-bond donors (Lipinski definition) is 1. The number of amides is 1. The van der Waals surface area contributed by atoms with Gasteiger partial charge in [-0.2, -0.15) is 5.26 Å². The summed E-state index contributed by atoms with van der Waals surface area (Å²) in [4.78, 5) is 17.8. The summed E-state index contributed by atoms with van der Waals surface area (Å²) < 4.78 is 2.29. The number of nitrogens with zero attached hydrogens (tertiary/aromatic N) is 3. The minimum atomic E-state index is -0.348. The Labute approximate surface area is 198 Å². The summed E-state index contributed by atoms with van der Waals surface area (Å²) in [5.41, 5.74) is 4.55. The molecule has 0 aliphatic heterocycles. The molecule has 1 N–H and O–H groups in total. The van der Waals surface area contributed by atoms with Crippen LogP contribution in [-0.4, -0.2) is 20.7 Å². The van der Waals surface area contributed by atoms with Gasteiger partial charge in [0, 0.05) is 39.7 Å². The molecule has 0 aliphatic carbocycles. The fraction of sp³-hybridized carbons (Fsp3) is 0.296. The molecule has 1 amide bonds. The van der Waals surface area contributed by atoms with E-state index in [1.165, 1.54) is 22.7 Å². The third kappa shape index (κ3) is 4.46. The largest absolute Gasteiger partial charge is 0.341 e. The zero-order valence-electron chi connectivity index (χ0n) is 19.4. The number of anilines is 1. The molecule has 168 valence electrons. The lowest BCUT2D eigenvalue weighted by atomic mass is 10.1. The van der Waals surface area contributed by atoms with Crippen molar-refractivity contribution in [2.24, 2.45) is 0 Å². The Bertz CT molecular complexity index is 1370. The molecule has 0 saturated carbocycles. The molecule has 4 aromatic rings. The van der Waals surface area contributed by atoms with Crippen LogP contribution < -0.4 is 5.32 Å². The van der Waals surface area contributed by atoms with Gasteiger partial charge in [0.2, 0.25) is 5.91 Å². The number of rotatable bonds is 7. The normalized spacial score (nSPS) is 12.2. The van der Waals surface area contributed by atoms with Crippen molar-refractivity contribution < 1.29 is 4.79 Å². The van der Waals surface area contributed by atoms with E-state index in [0.717, 1.165) is 28.8 Å². The maximum atomic E-state index is 13.2. The SMILES string of the molecule is CCC(Sc1nc(C(C)C)ccc1C#N)C(=O)Nc1ccc2c(c1)c1ccccc1n2CC. The van der Waals surface area contributed by atoms with Gasteiger partial charge in [-0.25, -0.2) is 4.98 Å². The van der Waals surface area contributed by atoms with Crippen LogP contribution in [0.25, 0.3) is 21.8 Å². The minimum Gasteiger partial charge on any atom is -0.341 e. The second kappa shape index (κ2) is 9.68. The molecule has 2 aromatic heterocycles. The van der Waals surface area contributed by atoms with E-state index in [1.54, 1.807) is 6.07 Å². The first kappa shape index (κ1) is 22.9. The van der Waals surface area contributed by atoms with E-state index in [2.05, 4.69) is 72.0 Å². The van der Waals surface area contributed by atoms with E-state index in [-0.39, 0.29) is 17.1 Å². The molecule has 0 spiro atoms. The van der Waals surface area contributed by atoms with Crippen LogP contribution >= 0.6 is 11.8 Å². The van der Waals surface area contributed by atoms with Gasteiger partial charge in [0.1, 0.15) is 11.1 Å². The molecule has 1 unspecified atom stereocenters. The Balaban J connectivity index is 1.61. The minimum absolute atomic E-state index is 0.0817. The van der Waals surface area contributed by atoms with Gasteiger partial charge >= 0.3 is 0 Å². The molecule has 2 heterocycles. The summed E-state index contributed by atoms with van der Waals surface area (Å²) >= 11 is 1.36. The van der Waals surface area contributed by atoms with Crippen molar-refractivity contribution >= 4 is 45.2 Å². The van der Waals surface area contributed by atoms with E-state index in [1.807, 2.05) is 25.1 Å². The maximum Gasteiger partial charge on any atom is 0.237 e. The molecule has 6 heteroatoms. The van der Waals surface area contributed by atoms with Crippen LogP contribution in [0, 0.1) is 11.3 Å². The number of benzene rings is 2. The number of fused-ring (bicyclic) bond motifs is 3. The smallest absolute Gasteiger partial charge is 0.237 e. The number of aryl methyl sites for hydroxylation is 1. The highest BCUT2D eigenvalue weighted by Crippen LogP contribution is 2.32. The molecule has 1 atom stereocenters. The quantitative estimate of drug-likeness (QED) is 0.314. The third-order valence-electron chi connectivity index (χ3n) is 5.87. The highest BCUT2D eigenvalue weighted by Gasteiger charge is 2.22. The van der Waals surface area contributed by atoms with Crippen LogP contribution in [0.2, 0.25) is 0 Å². The maximum absolute atomic E-state index is 13.2. The van der Waals surface area contributed by atoms with Crippen molar-refractivity contribution in [2.75, 3.05) is 5.32 Å². The predicted molar refractivity (Wildman–Crippen MR) is 137 cm³/mol. The van der Waals surface area contributed by atoms with Crippen molar-refractivity contribution in [1.29, 1.82) is 5.26 Å². The van der Waals surface area contributed by atoms with E-state index in [4.69, 9.17) is 0 Å². The standard InChI is InChI=1S/C27H28N4OS/c1-5-25(33-27-18(16-28)11-13-22(30-27)17(3)4)26(32)29-19-12-14-24-21(15-19)20-9-7-8-10-23(20)31(24)6-2/h7-15,17,25H,5-6H2,1-4H3,(H,29,32). The summed E-state index contributed by atoms with van der Waals surface area (Å²) in [6, 6.07) is 20.3. The van der Waals surface area contributed by atoms with Crippen molar-refractivity contribution in [3.63, 3.8) is 0 Å². The van der Waals surface area contributed by atoms with E-state index < -0.39 is 0 Å². The van der Waals surface area contributed by atoms with Gasteiger partial charge < -0.3 is 9.88 Å². The lowest BCUT2D eigenvalue weighted by molar-refractivity contribution is -0.115. The van der Waals surface area contributed by atoms with Gasteiger partial charge in [-0.15, -0.1) is 0 Å². The van der Waals surface area contributed by atoms with Crippen molar-refractivity contribution in [2.45, 2.75) is 56.9 Å². The fourth-order valence-corrected chi connectivity index (χ4v) is 5.10. The van der Waals surface area contributed by atoms with Crippen LogP contribution in [-0.2, 0) is 11.3 Å². The highest BCUT2D eigenvalue weighted by atomic mass is 32.2. The molecular formula is C27H28N4OS. The second-order valence-electron chi connectivity index (χ2n) is 8.35. The summed E-state index contributed by atoms with van der Waals surface area (Å²) in [5.74, 6) is 0.171. The fourth-order valence-electron chi connectivity index (χ4n) is 4.10. The zero-order valence-corrected chi connectivity index (χ0v) is 20.2. The Hall–Kier alpha value is -3.30. The average molecular weight is 457 g/mol. The Kier molecular flexibility index (Phi) is 6.71. The van der Waals surface area contributed by atoms with Crippen molar-refractivity contribution in [3.8, 4) is 6.07 Å². The summed E-state index contributed by atoms with van der Waals surface area (Å²) in [7, 11) is 0. The first-order valence-corrected chi connectivity index (χ1v) is 12.2. The van der Waals surface area contributed by atoms with Crippen LogP contribution in [0.1, 0.15) is 51.3 Å². The first-order chi connectivity index (χ1) is 16.0. The molecule has 0 saturated heterocycles. The Morgan fingerprint density at radius 2 is 1.85 bits per heavy atom. The first-order valence-electron chi connectivity index (χ1n) is 11.4. The number of thioether (sulfide) groups is 1. The molecule has 0 fully saturated rings. The second-order valence-corrected chi connectivity index (χ2v) is 9.54. The number of carbonyl (C=O) groups is 1.